The summed E-state index contributed by atoms with van der Waals surface area (Å²) in [5.41, 5.74) is 3.03. The lowest BCUT2D eigenvalue weighted by Crippen LogP contribution is -2.24. The van der Waals surface area contributed by atoms with E-state index in [9.17, 15) is 0 Å². The van der Waals surface area contributed by atoms with Crippen molar-refractivity contribution in [1.82, 2.24) is 9.98 Å². The van der Waals surface area contributed by atoms with Crippen LogP contribution in [0.1, 0.15) is 32.4 Å². The molecular weight excluding hydrogens is 190 g/mol. The molecule has 0 atom stereocenters. The van der Waals surface area contributed by atoms with Crippen LogP contribution in [0.3, 0.4) is 0 Å². The van der Waals surface area contributed by atoms with Gasteiger partial charge in [-0.15, -0.1) is 0 Å². The Labute approximate surface area is 89.3 Å². The molecule has 15 heavy (non-hydrogen) atoms. The molecule has 0 fully saturated rings. The van der Waals surface area contributed by atoms with Crippen molar-refractivity contribution in [2.24, 2.45) is 0 Å². The molecule has 2 heterocycles. The predicted molar refractivity (Wildman–Crippen MR) is 59.6 cm³/mol. The highest BCUT2D eigenvalue weighted by Gasteiger charge is 2.35. The fourth-order valence-corrected chi connectivity index (χ4v) is 1.81. The standard InChI is InChI=1S/C11H15N3O/c1-6-8(3)14(9(4)12-6)11-7(2)13-10(5)15-11/h1-5H3/q+1. The van der Waals surface area contributed by atoms with Gasteiger partial charge in [0.25, 0.3) is 0 Å². The van der Waals surface area contributed by atoms with E-state index in [0.717, 1.165) is 28.8 Å². The molecule has 0 aromatic carbocycles. The van der Waals surface area contributed by atoms with Gasteiger partial charge in [-0.05, 0) is 11.9 Å². The maximum atomic E-state index is 5.59. The normalized spacial score (nSPS) is 16.3. The lowest BCUT2D eigenvalue weighted by molar-refractivity contribution is 0.527. The SMILES string of the molecule is CC1=[N+]C(C)=C(C)N1c1oc(C)nc1C. The van der Waals surface area contributed by atoms with Gasteiger partial charge in [0.2, 0.25) is 0 Å². The van der Waals surface area contributed by atoms with Gasteiger partial charge in [0.05, 0.1) is 0 Å². The van der Waals surface area contributed by atoms with E-state index in [1.54, 1.807) is 0 Å². The first-order valence-corrected chi connectivity index (χ1v) is 4.97. The van der Waals surface area contributed by atoms with Gasteiger partial charge in [-0.2, -0.15) is 4.90 Å². The van der Waals surface area contributed by atoms with Gasteiger partial charge in [0.15, 0.2) is 17.3 Å². The number of amidine groups is 1. The Kier molecular flexibility index (Phi) is 2.14. The van der Waals surface area contributed by atoms with Crippen LogP contribution in [0.15, 0.2) is 15.8 Å². The van der Waals surface area contributed by atoms with Crippen LogP contribution in [0.5, 0.6) is 0 Å². The highest BCUT2D eigenvalue weighted by molar-refractivity contribution is 5.99. The van der Waals surface area contributed by atoms with Gasteiger partial charge in [-0.25, -0.2) is 4.98 Å². The fourth-order valence-electron chi connectivity index (χ4n) is 1.81. The lowest BCUT2D eigenvalue weighted by Gasteiger charge is -2.07. The van der Waals surface area contributed by atoms with Gasteiger partial charge in [0, 0.05) is 27.7 Å². The summed E-state index contributed by atoms with van der Waals surface area (Å²) in [6, 6.07) is 0. The van der Waals surface area contributed by atoms with Gasteiger partial charge in [0.1, 0.15) is 5.69 Å². The monoisotopic (exact) mass is 205 g/mol. The molecule has 0 unspecified atom stereocenters. The molecule has 0 spiro atoms. The molecule has 4 heteroatoms. The third-order valence-corrected chi connectivity index (χ3v) is 2.59. The summed E-state index contributed by atoms with van der Waals surface area (Å²) >= 11 is 0. The van der Waals surface area contributed by atoms with Crippen LogP contribution in [0.25, 0.3) is 0 Å². The number of hydrogen-bond donors (Lipinski definition) is 0. The second kappa shape index (κ2) is 3.22. The van der Waals surface area contributed by atoms with Crippen molar-refractivity contribution in [3.8, 4) is 0 Å². The summed E-state index contributed by atoms with van der Waals surface area (Å²) in [5, 5.41) is 0. The van der Waals surface area contributed by atoms with Crippen molar-refractivity contribution in [2.75, 3.05) is 4.90 Å². The first kappa shape index (κ1) is 9.96. The van der Waals surface area contributed by atoms with Crippen molar-refractivity contribution in [3.05, 3.63) is 23.0 Å². The number of oxazole rings is 1. The summed E-state index contributed by atoms with van der Waals surface area (Å²) < 4.78 is 5.59. The van der Waals surface area contributed by atoms with Crippen molar-refractivity contribution < 1.29 is 4.42 Å². The van der Waals surface area contributed by atoms with Crippen molar-refractivity contribution in [3.63, 3.8) is 0 Å². The zero-order valence-corrected chi connectivity index (χ0v) is 9.75. The number of allylic oxidation sites excluding steroid dienone is 2. The van der Waals surface area contributed by atoms with E-state index in [1.807, 2.05) is 39.5 Å². The molecule has 1 radical (unpaired) electrons. The molecule has 1 aliphatic heterocycles. The Bertz CT molecular complexity index is 468. The van der Waals surface area contributed by atoms with E-state index in [4.69, 9.17) is 4.42 Å². The van der Waals surface area contributed by atoms with Gasteiger partial charge >= 0.3 is 11.7 Å². The van der Waals surface area contributed by atoms with Crippen LogP contribution in [0, 0.1) is 13.8 Å². The first-order chi connectivity index (χ1) is 7.00. The second-order valence-corrected chi connectivity index (χ2v) is 3.79. The maximum absolute atomic E-state index is 5.59. The fraction of sp³-hybridized carbons (Fsp3) is 0.455. The van der Waals surface area contributed by atoms with Gasteiger partial charge in [-0.1, -0.05) is 0 Å². The van der Waals surface area contributed by atoms with Gasteiger partial charge in [-0.3, -0.25) is 0 Å². The largest absolute Gasteiger partial charge is 0.407 e. The molecule has 79 valence electrons. The van der Waals surface area contributed by atoms with E-state index in [2.05, 4.69) is 9.98 Å². The smallest absolute Gasteiger partial charge is 0.318 e. The average Bonchev–Trinajstić information content (AvgIpc) is 2.56. The minimum atomic E-state index is 0.688. The molecule has 0 bridgehead atoms. The molecule has 0 saturated carbocycles. The van der Waals surface area contributed by atoms with Crippen LogP contribution in [-0.2, 0) is 0 Å². The summed E-state index contributed by atoms with van der Waals surface area (Å²) in [5.74, 6) is 2.40. The number of aromatic nitrogens is 1. The Hall–Kier alpha value is -1.58. The second-order valence-electron chi connectivity index (χ2n) is 3.79. The molecular formula is C11H15N3O+. The highest BCUT2D eigenvalue weighted by atomic mass is 16.4. The maximum Gasteiger partial charge on any atom is 0.318 e. The van der Waals surface area contributed by atoms with Crippen molar-refractivity contribution >= 4 is 11.7 Å². The molecule has 0 N–H and O–H groups in total. The number of rotatable bonds is 1. The zero-order chi connectivity index (χ0) is 11.2. The average molecular weight is 205 g/mol. The highest BCUT2D eigenvalue weighted by Crippen LogP contribution is 2.28. The van der Waals surface area contributed by atoms with Crippen LogP contribution in [0.4, 0.5) is 5.88 Å². The third-order valence-electron chi connectivity index (χ3n) is 2.59. The molecule has 0 aliphatic carbocycles. The van der Waals surface area contributed by atoms with E-state index in [1.165, 1.54) is 0 Å². The third kappa shape index (κ3) is 1.46. The van der Waals surface area contributed by atoms with E-state index >= 15 is 0 Å². The topological polar surface area (TPSA) is 43.4 Å². The lowest BCUT2D eigenvalue weighted by atomic mass is 10.3. The van der Waals surface area contributed by atoms with E-state index in [-0.39, 0.29) is 0 Å². The first-order valence-electron chi connectivity index (χ1n) is 4.97. The quantitative estimate of drug-likeness (QED) is 0.705. The van der Waals surface area contributed by atoms with Crippen LogP contribution < -0.4 is 9.89 Å². The van der Waals surface area contributed by atoms with E-state index < -0.39 is 0 Å². The molecule has 0 saturated heterocycles. The number of anilines is 1. The zero-order valence-electron chi connectivity index (χ0n) is 9.75. The number of aryl methyl sites for hydroxylation is 2. The van der Waals surface area contributed by atoms with Crippen LogP contribution >= 0.6 is 0 Å². The molecule has 1 aliphatic rings. The molecule has 1 aromatic heterocycles. The Balaban J connectivity index is 2.49. The molecule has 0 amide bonds. The molecule has 1 aromatic rings. The summed E-state index contributed by atoms with van der Waals surface area (Å²) in [4.78, 5) is 10.7. The Morgan fingerprint density at radius 2 is 1.80 bits per heavy atom. The van der Waals surface area contributed by atoms with Gasteiger partial charge < -0.3 is 4.42 Å². The van der Waals surface area contributed by atoms with Crippen LogP contribution in [-0.4, -0.2) is 10.8 Å². The predicted octanol–water partition coefficient (Wildman–Crippen LogP) is 2.12. The van der Waals surface area contributed by atoms with E-state index in [0.29, 0.717) is 5.89 Å². The van der Waals surface area contributed by atoms with Crippen molar-refractivity contribution in [1.29, 1.82) is 0 Å². The minimum absolute atomic E-state index is 0.688. The number of nitrogens with zero attached hydrogens (tertiary/aromatic N) is 3. The Morgan fingerprint density at radius 1 is 1.13 bits per heavy atom. The molecule has 4 nitrogen and oxygen atoms in total. The summed E-state index contributed by atoms with van der Waals surface area (Å²) in [6.45, 7) is 9.80. The Morgan fingerprint density at radius 3 is 2.20 bits per heavy atom. The molecule has 2 rings (SSSR count). The minimum Gasteiger partial charge on any atom is -0.407 e. The number of aliphatic imine (C=N–C) groups is 1. The van der Waals surface area contributed by atoms with Crippen molar-refractivity contribution in [2.45, 2.75) is 34.6 Å². The number of hydrogen-bond acceptors (Lipinski definition) is 4. The summed E-state index contributed by atoms with van der Waals surface area (Å²) in [6.07, 6.45) is 0. The summed E-state index contributed by atoms with van der Waals surface area (Å²) in [7, 11) is 0. The van der Waals surface area contributed by atoms with Crippen LogP contribution in [0.2, 0.25) is 0 Å².